The van der Waals surface area contributed by atoms with Crippen LogP contribution in [0.25, 0.3) is 0 Å². The first-order valence-corrected chi connectivity index (χ1v) is 3.68. The molecule has 0 amide bonds. The van der Waals surface area contributed by atoms with Crippen LogP contribution in [0.1, 0.15) is 12.0 Å². The number of nitriles is 1. The van der Waals surface area contributed by atoms with Crippen molar-refractivity contribution in [2.45, 2.75) is 6.42 Å². The third-order valence-corrected chi connectivity index (χ3v) is 1.33. The van der Waals surface area contributed by atoms with Crippen molar-refractivity contribution >= 4 is 11.6 Å². The fourth-order valence-electron chi connectivity index (χ4n) is 0.666. The topological polar surface area (TPSA) is 36.7 Å². The molecule has 0 spiro atoms. The van der Waals surface area contributed by atoms with Gasteiger partial charge in [0.15, 0.2) is 0 Å². The molecule has 1 aromatic heterocycles. The lowest BCUT2D eigenvalue weighted by Crippen LogP contribution is -1.76. The monoisotopic (exact) mass is 176 g/mol. The highest BCUT2D eigenvalue weighted by atomic mass is 35.5. The third kappa shape index (κ3) is 2.62. The highest BCUT2D eigenvalue weighted by Gasteiger charge is 1.88. The maximum absolute atomic E-state index is 8.21. The molecule has 2 nitrogen and oxygen atoms in total. The third-order valence-electron chi connectivity index (χ3n) is 1.13. The second-order valence-corrected chi connectivity index (χ2v) is 2.39. The molecular weight excluding hydrogens is 172 g/mol. The van der Waals surface area contributed by atoms with Crippen LogP contribution < -0.4 is 0 Å². The van der Waals surface area contributed by atoms with Crippen LogP contribution in [0.15, 0.2) is 18.3 Å². The Kier molecular flexibility index (Phi) is 3.14. The van der Waals surface area contributed by atoms with E-state index in [1.165, 1.54) is 0 Å². The summed E-state index contributed by atoms with van der Waals surface area (Å²) in [5.74, 6) is 5.47. The van der Waals surface area contributed by atoms with Gasteiger partial charge in [-0.25, -0.2) is 4.98 Å². The van der Waals surface area contributed by atoms with Crippen molar-refractivity contribution in [1.29, 1.82) is 5.26 Å². The van der Waals surface area contributed by atoms with Gasteiger partial charge in [0.05, 0.1) is 12.5 Å². The molecule has 0 bridgehead atoms. The second-order valence-electron chi connectivity index (χ2n) is 2.00. The average Bonchev–Trinajstić information content (AvgIpc) is 2.05. The van der Waals surface area contributed by atoms with Crippen molar-refractivity contribution in [3.05, 3.63) is 29.0 Å². The van der Waals surface area contributed by atoms with Crippen LogP contribution in [-0.2, 0) is 0 Å². The molecule has 0 unspecified atom stereocenters. The summed E-state index contributed by atoms with van der Waals surface area (Å²) in [6, 6.07) is 5.34. The molecule has 0 atom stereocenters. The van der Waals surface area contributed by atoms with E-state index in [0.29, 0.717) is 5.15 Å². The van der Waals surface area contributed by atoms with Crippen LogP contribution in [-0.4, -0.2) is 4.98 Å². The van der Waals surface area contributed by atoms with Gasteiger partial charge in [0.25, 0.3) is 0 Å². The SMILES string of the molecule is N#CCC#Cc1ccnc(Cl)c1. The van der Waals surface area contributed by atoms with Gasteiger partial charge in [-0.15, -0.1) is 0 Å². The van der Waals surface area contributed by atoms with Crippen molar-refractivity contribution in [2.75, 3.05) is 0 Å². The molecule has 1 rings (SSSR count). The van der Waals surface area contributed by atoms with Gasteiger partial charge in [0.1, 0.15) is 5.15 Å². The van der Waals surface area contributed by atoms with E-state index in [9.17, 15) is 0 Å². The summed E-state index contributed by atoms with van der Waals surface area (Å²) in [6.45, 7) is 0. The zero-order valence-electron chi connectivity index (χ0n) is 6.21. The molecule has 0 aliphatic rings. The van der Waals surface area contributed by atoms with Crippen molar-refractivity contribution in [2.24, 2.45) is 0 Å². The maximum Gasteiger partial charge on any atom is 0.130 e. The summed E-state index contributed by atoms with van der Waals surface area (Å²) in [5, 5.41) is 8.62. The molecule has 0 aliphatic heterocycles. The van der Waals surface area contributed by atoms with E-state index in [-0.39, 0.29) is 6.42 Å². The van der Waals surface area contributed by atoms with Crippen LogP contribution in [0.4, 0.5) is 0 Å². The van der Waals surface area contributed by atoms with Gasteiger partial charge < -0.3 is 0 Å². The predicted octanol–water partition coefficient (Wildman–Crippen LogP) is 2.00. The first-order valence-electron chi connectivity index (χ1n) is 3.30. The first-order chi connectivity index (χ1) is 5.83. The zero-order chi connectivity index (χ0) is 8.81. The molecule has 0 aliphatic carbocycles. The fraction of sp³-hybridized carbons (Fsp3) is 0.111. The highest BCUT2D eigenvalue weighted by molar-refractivity contribution is 6.29. The van der Waals surface area contributed by atoms with Gasteiger partial charge in [0.2, 0.25) is 0 Å². The van der Waals surface area contributed by atoms with E-state index in [2.05, 4.69) is 16.8 Å². The quantitative estimate of drug-likeness (QED) is 0.448. The molecule has 3 heteroatoms. The number of nitrogens with zero attached hydrogens (tertiary/aromatic N) is 2. The Bertz CT molecular complexity index is 368. The Morgan fingerprint density at radius 1 is 1.58 bits per heavy atom. The molecule has 1 aromatic rings. The molecule has 0 N–H and O–H groups in total. The number of aromatic nitrogens is 1. The summed E-state index contributed by atoms with van der Waals surface area (Å²) in [7, 11) is 0. The van der Waals surface area contributed by atoms with Crippen LogP contribution in [0.3, 0.4) is 0 Å². The minimum absolute atomic E-state index is 0.236. The average molecular weight is 177 g/mol. The summed E-state index contributed by atoms with van der Waals surface area (Å²) in [5.41, 5.74) is 0.783. The molecule has 0 fully saturated rings. The molecule has 0 saturated carbocycles. The summed E-state index contributed by atoms with van der Waals surface area (Å²) < 4.78 is 0. The second kappa shape index (κ2) is 4.38. The standard InChI is InChI=1S/C9H5ClN2/c10-9-7-8(4-6-12-9)3-1-2-5-11/h4,6-7H,2H2. The molecule has 12 heavy (non-hydrogen) atoms. The molecule has 0 radical (unpaired) electrons. The zero-order valence-corrected chi connectivity index (χ0v) is 6.97. The van der Waals surface area contributed by atoms with Gasteiger partial charge in [-0.3, -0.25) is 0 Å². The maximum atomic E-state index is 8.21. The van der Waals surface area contributed by atoms with Gasteiger partial charge in [-0.2, -0.15) is 5.26 Å². The Morgan fingerprint density at radius 2 is 2.42 bits per heavy atom. The fourth-order valence-corrected chi connectivity index (χ4v) is 0.840. The van der Waals surface area contributed by atoms with Crippen LogP contribution in [0.2, 0.25) is 5.15 Å². The van der Waals surface area contributed by atoms with Crippen LogP contribution >= 0.6 is 11.6 Å². The smallest absolute Gasteiger partial charge is 0.130 e. The minimum atomic E-state index is 0.236. The first kappa shape index (κ1) is 8.59. The van der Waals surface area contributed by atoms with Gasteiger partial charge in [-0.05, 0) is 12.1 Å². The normalized spacial score (nSPS) is 8.00. The van der Waals surface area contributed by atoms with Gasteiger partial charge >= 0.3 is 0 Å². The van der Waals surface area contributed by atoms with Crippen LogP contribution in [0, 0.1) is 23.2 Å². The Hall–Kier alpha value is -1.51. The Labute approximate surface area is 75.8 Å². The number of rotatable bonds is 0. The van der Waals surface area contributed by atoms with Gasteiger partial charge in [0, 0.05) is 11.8 Å². The molecular formula is C9H5ClN2. The lowest BCUT2D eigenvalue weighted by molar-refractivity contribution is 1.32. The van der Waals surface area contributed by atoms with E-state index in [4.69, 9.17) is 16.9 Å². The molecule has 1 heterocycles. The largest absolute Gasteiger partial charge is 0.244 e. The van der Waals surface area contributed by atoms with E-state index >= 15 is 0 Å². The number of hydrogen-bond acceptors (Lipinski definition) is 2. The van der Waals surface area contributed by atoms with Gasteiger partial charge in [-0.1, -0.05) is 23.4 Å². The van der Waals surface area contributed by atoms with Crippen molar-refractivity contribution in [1.82, 2.24) is 4.98 Å². The van der Waals surface area contributed by atoms with E-state index in [1.807, 2.05) is 6.07 Å². The van der Waals surface area contributed by atoms with Crippen molar-refractivity contribution in [3.8, 4) is 17.9 Å². The molecule has 0 aromatic carbocycles. The summed E-state index contributed by atoms with van der Waals surface area (Å²) in [4.78, 5) is 3.80. The molecule has 58 valence electrons. The summed E-state index contributed by atoms with van der Waals surface area (Å²) in [6.07, 6.45) is 1.82. The van der Waals surface area contributed by atoms with Crippen molar-refractivity contribution in [3.63, 3.8) is 0 Å². The highest BCUT2D eigenvalue weighted by Crippen LogP contribution is 2.05. The number of halogens is 1. The lowest BCUT2D eigenvalue weighted by Gasteiger charge is -1.88. The van der Waals surface area contributed by atoms with E-state index in [0.717, 1.165) is 5.56 Å². The number of pyridine rings is 1. The molecule has 0 saturated heterocycles. The van der Waals surface area contributed by atoms with E-state index < -0.39 is 0 Å². The lowest BCUT2D eigenvalue weighted by atomic mass is 10.3. The predicted molar refractivity (Wildman–Crippen MR) is 46.4 cm³/mol. The summed E-state index contributed by atoms with van der Waals surface area (Å²) >= 11 is 5.61. The van der Waals surface area contributed by atoms with Crippen molar-refractivity contribution < 1.29 is 0 Å². The minimum Gasteiger partial charge on any atom is -0.244 e. The van der Waals surface area contributed by atoms with E-state index in [1.54, 1.807) is 18.3 Å². The Morgan fingerprint density at radius 3 is 3.08 bits per heavy atom. The van der Waals surface area contributed by atoms with Crippen LogP contribution in [0.5, 0.6) is 0 Å². The number of hydrogen-bond donors (Lipinski definition) is 0. The Balaban J connectivity index is 2.79.